The monoisotopic (exact) mass is 276 g/mol. The number of nitrogens with one attached hydrogen (secondary N) is 1. The first-order chi connectivity index (χ1) is 9.65. The molecule has 0 bridgehead atoms. The molecule has 1 rings (SSSR count). The van der Waals surface area contributed by atoms with Crippen LogP contribution in [0.1, 0.15) is 32.3 Å². The van der Waals surface area contributed by atoms with Crippen molar-refractivity contribution < 1.29 is 0 Å². The molecule has 20 heavy (non-hydrogen) atoms. The molecule has 0 amide bonds. The number of nitrogens with two attached hydrogens (primary N) is 1. The van der Waals surface area contributed by atoms with Crippen LogP contribution in [0.3, 0.4) is 0 Å². The molecule has 0 heterocycles. The molecule has 0 saturated carbocycles. The highest BCUT2D eigenvalue weighted by Gasteiger charge is 1.98. The van der Waals surface area contributed by atoms with Crippen LogP contribution in [0.5, 0.6) is 0 Å². The predicted molar refractivity (Wildman–Crippen MR) is 88.3 cm³/mol. The first-order valence-electron chi connectivity index (χ1n) is 7.50. The van der Waals surface area contributed by atoms with Crippen LogP contribution in [0.25, 0.3) is 0 Å². The molecule has 0 saturated heterocycles. The van der Waals surface area contributed by atoms with Gasteiger partial charge in [-0.3, -0.25) is 4.99 Å². The molecule has 0 aliphatic heterocycles. The Morgan fingerprint density at radius 2 is 1.90 bits per heavy atom. The molecule has 0 aromatic heterocycles. The van der Waals surface area contributed by atoms with Crippen molar-refractivity contribution in [2.45, 2.75) is 33.1 Å². The van der Waals surface area contributed by atoms with E-state index in [1.807, 2.05) is 12.1 Å². The van der Waals surface area contributed by atoms with Gasteiger partial charge in [0.25, 0.3) is 0 Å². The zero-order chi connectivity index (χ0) is 14.8. The molecule has 4 nitrogen and oxygen atoms in total. The number of aryl methyl sites for hydroxylation is 1. The molecule has 3 N–H and O–H groups in total. The molecule has 4 heteroatoms. The molecule has 0 atom stereocenters. The van der Waals surface area contributed by atoms with E-state index in [2.05, 4.69) is 48.2 Å². The summed E-state index contributed by atoms with van der Waals surface area (Å²) in [5.74, 6) is 0.484. The summed E-state index contributed by atoms with van der Waals surface area (Å²) < 4.78 is 0. The summed E-state index contributed by atoms with van der Waals surface area (Å²) in [6.45, 7) is 7.14. The number of guanidine groups is 1. The number of rotatable bonds is 8. The van der Waals surface area contributed by atoms with Crippen molar-refractivity contribution in [3.8, 4) is 0 Å². The van der Waals surface area contributed by atoms with E-state index < -0.39 is 0 Å². The van der Waals surface area contributed by atoms with Crippen LogP contribution in [0.4, 0.5) is 5.69 Å². The molecule has 0 spiro atoms. The smallest absolute Gasteiger partial charge is 0.193 e. The number of aliphatic imine (C=N–C) groups is 1. The predicted octanol–water partition coefficient (Wildman–Crippen LogP) is 2.71. The molecule has 0 aliphatic rings. The number of benzene rings is 1. The Bertz CT molecular complexity index is 397. The number of unbranched alkanes of at least 4 members (excludes halogenated alkanes) is 1. The Labute approximate surface area is 123 Å². The Hall–Kier alpha value is -1.55. The third-order valence-corrected chi connectivity index (χ3v) is 3.29. The van der Waals surface area contributed by atoms with E-state index in [4.69, 9.17) is 5.73 Å². The van der Waals surface area contributed by atoms with Crippen LogP contribution in [-0.2, 0) is 6.42 Å². The quantitative estimate of drug-likeness (QED) is 0.567. The molecular weight excluding hydrogens is 248 g/mol. The second-order valence-electron chi connectivity index (χ2n) is 5.10. The highest BCUT2D eigenvalue weighted by atomic mass is 15.1. The minimum atomic E-state index is 0.484. The van der Waals surface area contributed by atoms with Gasteiger partial charge in [0.05, 0.1) is 6.54 Å². The summed E-state index contributed by atoms with van der Waals surface area (Å²) in [6.07, 6.45) is 3.51. The van der Waals surface area contributed by atoms with E-state index in [9.17, 15) is 0 Å². The average molecular weight is 276 g/mol. The molecule has 0 unspecified atom stereocenters. The minimum absolute atomic E-state index is 0.484. The van der Waals surface area contributed by atoms with Gasteiger partial charge < -0.3 is 16.0 Å². The first kappa shape index (κ1) is 16.5. The molecule has 1 aromatic carbocycles. The first-order valence-corrected chi connectivity index (χ1v) is 7.50. The van der Waals surface area contributed by atoms with Crippen LogP contribution >= 0.6 is 0 Å². The van der Waals surface area contributed by atoms with Crippen LogP contribution in [0, 0.1) is 0 Å². The van der Waals surface area contributed by atoms with E-state index in [1.165, 1.54) is 18.4 Å². The van der Waals surface area contributed by atoms with Crippen molar-refractivity contribution in [2.24, 2.45) is 10.7 Å². The Balaban J connectivity index is 2.33. The number of hydrogen-bond donors (Lipinski definition) is 2. The maximum atomic E-state index is 5.88. The van der Waals surface area contributed by atoms with Crippen molar-refractivity contribution in [3.63, 3.8) is 0 Å². The van der Waals surface area contributed by atoms with Crippen LogP contribution < -0.4 is 11.1 Å². The van der Waals surface area contributed by atoms with Gasteiger partial charge in [-0.15, -0.1) is 0 Å². The lowest BCUT2D eigenvalue weighted by Gasteiger charge is -2.14. The van der Waals surface area contributed by atoms with Gasteiger partial charge in [0.2, 0.25) is 0 Å². The van der Waals surface area contributed by atoms with Crippen molar-refractivity contribution in [1.29, 1.82) is 0 Å². The number of likely N-dealkylation sites (N-methyl/N-ethyl adjacent to an activating group) is 1. The molecule has 112 valence electrons. The highest BCUT2D eigenvalue weighted by molar-refractivity contribution is 5.92. The molecule has 0 aliphatic carbocycles. The lowest BCUT2D eigenvalue weighted by molar-refractivity contribution is 0.337. The minimum Gasteiger partial charge on any atom is -0.370 e. The van der Waals surface area contributed by atoms with E-state index in [1.54, 1.807) is 0 Å². The van der Waals surface area contributed by atoms with Gasteiger partial charge in [-0.25, -0.2) is 0 Å². The molecule has 1 aromatic rings. The molecular formula is C16H28N4. The summed E-state index contributed by atoms with van der Waals surface area (Å²) in [7, 11) is 2.12. The van der Waals surface area contributed by atoms with Gasteiger partial charge >= 0.3 is 0 Å². The van der Waals surface area contributed by atoms with Crippen LogP contribution in [0.15, 0.2) is 29.3 Å². The largest absolute Gasteiger partial charge is 0.370 e. The Kier molecular flexibility index (Phi) is 7.73. The maximum Gasteiger partial charge on any atom is 0.193 e. The zero-order valence-corrected chi connectivity index (χ0v) is 13.0. The molecule has 0 fully saturated rings. The van der Waals surface area contributed by atoms with Gasteiger partial charge in [0, 0.05) is 12.2 Å². The normalized spacial score (nSPS) is 11.9. The van der Waals surface area contributed by atoms with Gasteiger partial charge in [-0.2, -0.15) is 0 Å². The second-order valence-corrected chi connectivity index (χ2v) is 5.10. The lowest BCUT2D eigenvalue weighted by Crippen LogP contribution is -2.26. The third-order valence-electron chi connectivity index (χ3n) is 3.29. The Morgan fingerprint density at radius 1 is 1.20 bits per heavy atom. The van der Waals surface area contributed by atoms with Crippen molar-refractivity contribution >= 4 is 11.6 Å². The maximum absolute atomic E-state index is 5.88. The Morgan fingerprint density at radius 3 is 2.50 bits per heavy atom. The van der Waals surface area contributed by atoms with Gasteiger partial charge in [0.1, 0.15) is 0 Å². The van der Waals surface area contributed by atoms with Crippen LogP contribution in [-0.4, -0.2) is 37.5 Å². The summed E-state index contributed by atoms with van der Waals surface area (Å²) in [6, 6.07) is 8.28. The second kappa shape index (κ2) is 9.37. The highest BCUT2D eigenvalue weighted by Crippen LogP contribution is 2.09. The van der Waals surface area contributed by atoms with Gasteiger partial charge in [0.15, 0.2) is 5.96 Å². The van der Waals surface area contributed by atoms with E-state index in [-0.39, 0.29) is 0 Å². The van der Waals surface area contributed by atoms with Crippen molar-refractivity contribution in [1.82, 2.24) is 4.90 Å². The fourth-order valence-corrected chi connectivity index (χ4v) is 1.89. The molecule has 0 radical (unpaired) electrons. The zero-order valence-electron chi connectivity index (χ0n) is 13.0. The van der Waals surface area contributed by atoms with Gasteiger partial charge in [-0.1, -0.05) is 32.4 Å². The van der Waals surface area contributed by atoms with Crippen LogP contribution in [0.2, 0.25) is 0 Å². The lowest BCUT2D eigenvalue weighted by atomic mass is 10.1. The SMILES string of the molecule is CCCCN(C)CCN=C(N)Nc1ccc(CC)cc1. The number of anilines is 1. The fraction of sp³-hybridized carbons (Fsp3) is 0.562. The summed E-state index contributed by atoms with van der Waals surface area (Å²) in [5, 5.41) is 3.12. The van der Waals surface area contributed by atoms with E-state index in [0.717, 1.165) is 31.7 Å². The summed E-state index contributed by atoms with van der Waals surface area (Å²) >= 11 is 0. The fourth-order valence-electron chi connectivity index (χ4n) is 1.89. The number of hydrogen-bond acceptors (Lipinski definition) is 2. The van der Waals surface area contributed by atoms with E-state index >= 15 is 0 Å². The number of nitrogens with zero attached hydrogens (tertiary/aromatic N) is 2. The topological polar surface area (TPSA) is 53.6 Å². The van der Waals surface area contributed by atoms with Crippen molar-refractivity contribution in [2.75, 3.05) is 32.0 Å². The third kappa shape index (κ3) is 6.57. The van der Waals surface area contributed by atoms with Crippen molar-refractivity contribution in [3.05, 3.63) is 29.8 Å². The van der Waals surface area contributed by atoms with E-state index in [0.29, 0.717) is 5.96 Å². The van der Waals surface area contributed by atoms with Gasteiger partial charge in [-0.05, 0) is 44.1 Å². The average Bonchev–Trinajstić information content (AvgIpc) is 2.46. The summed E-state index contributed by atoms with van der Waals surface area (Å²) in [5.41, 5.74) is 8.19. The standard InChI is InChI=1S/C16H28N4/c1-4-6-12-20(3)13-11-18-16(17)19-15-9-7-14(5-2)8-10-15/h7-10H,4-6,11-13H2,1-3H3,(H3,17,18,19). The summed E-state index contributed by atoms with van der Waals surface area (Å²) in [4.78, 5) is 6.64.